The van der Waals surface area contributed by atoms with Crippen molar-refractivity contribution < 1.29 is 9.59 Å². The highest BCUT2D eigenvalue weighted by atomic mass is 32.1. The van der Waals surface area contributed by atoms with Crippen molar-refractivity contribution in [2.24, 2.45) is 17.4 Å². The normalized spacial score (nSPS) is 21.4. The fourth-order valence-corrected chi connectivity index (χ4v) is 2.59. The summed E-state index contributed by atoms with van der Waals surface area (Å²) < 4.78 is 0. The minimum absolute atomic E-state index is 0.146. The van der Waals surface area contributed by atoms with E-state index in [0.717, 1.165) is 19.3 Å². The Labute approximate surface area is 113 Å². The van der Waals surface area contributed by atoms with E-state index in [4.69, 9.17) is 23.7 Å². The molecule has 2 unspecified atom stereocenters. The van der Waals surface area contributed by atoms with Gasteiger partial charge in [-0.15, -0.1) is 0 Å². The van der Waals surface area contributed by atoms with E-state index in [0.29, 0.717) is 19.4 Å². The van der Waals surface area contributed by atoms with Crippen LogP contribution >= 0.6 is 12.2 Å². The smallest absolute Gasteiger partial charge is 0.240 e. The van der Waals surface area contributed by atoms with Gasteiger partial charge in [0.2, 0.25) is 11.8 Å². The molecule has 0 radical (unpaired) electrons. The molecule has 2 amide bonds. The van der Waals surface area contributed by atoms with Crippen molar-refractivity contribution in [2.45, 2.75) is 45.1 Å². The van der Waals surface area contributed by atoms with Crippen LogP contribution in [0.5, 0.6) is 0 Å². The number of amides is 2. The topological polar surface area (TPSA) is 89.4 Å². The number of carbonyl (C=O) groups excluding carboxylic acids is 2. The van der Waals surface area contributed by atoms with E-state index in [9.17, 15) is 9.59 Å². The molecule has 2 atom stereocenters. The number of thiocarbonyl (C=S) groups is 1. The Morgan fingerprint density at radius 2 is 2.06 bits per heavy atom. The van der Waals surface area contributed by atoms with Crippen LogP contribution in [-0.2, 0) is 9.59 Å². The lowest BCUT2D eigenvalue weighted by Crippen LogP contribution is -2.53. The van der Waals surface area contributed by atoms with E-state index in [-0.39, 0.29) is 10.9 Å². The second-order valence-corrected chi connectivity index (χ2v) is 5.16. The quantitative estimate of drug-likeness (QED) is 0.715. The second kappa shape index (κ2) is 6.68. The van der Waals surface area contributed by atoms with Gasteiger partial charge in [0.15, 0.2) is 0 Å². The van der Waals surface area contributed by atoms with Crippen molar-refractivity contribution >= 4 is 29.0 Å². The zero-order valence-electron chi connectivity index (χ0n) is 10.7. The van der Waals surface area contributed by atoms with Gasteiger partial charge in [-0.1, -0.05) is 25.6 Å². The summed E-state index contributed by atoms with van der Waals surface area (Å²) in [7, 11) is 0. The molecule has 18 heavy (non-hydrogen) atoms. The van der Waals surface area contributed by atoms with Crippen LogP contribution in [0.3, 0.4) is 0 Å². The standard InChI is InChI=1S/C12H21N3O2S/c1-2-5-8(11(14)18)12(17)15-7-4-3-6-9(15)10(13)16/h8-9H,2-7H2,1H3,(H2,13,16)(H2,14,18). The number of likely N-dealkylation sites (tertiary alicyclic amines) is 1. The first kappa shape index (κ1) is 14.9. The number of hydrogen-bond donors (Lipinski definition) is 2. The molecular formula is C12H21N3O2S. The van der Waals surface area contributed by atoms with Crippen LogP contribution in [0.15, 0.2) is 0 Å². The number of carbonyl (C=O) groups is 2. The Hall–Kier alpha value is -1.17. The van der Waals surface area contributed by atoms with Crippen molar-refractivity contribution in [1.82, 2.24) is 4.90 Å². The number of nitrogens with two attached hydrogens (primary N) is 2. The predicted molar refractivity (Wildman–Crippen MR) is 73.7 cm³/mol. The maximum absolute atomic E-state index is 12.4. The molecule has 0 aliphatic carbocycles. The lowest BCUT2D eigenvalue weighted by Gasteiger charge is -2.35. The summed E-state index contributed by atoms with van der Waals surface area (Å²) >= 11 is 4.95. The Kier molecular flexibility index (Phi) is 5.53. The highest BCUT2D eigenvalue weighted by molar-refractivity contribution is 7.80. The monoisotopic (exact) mass is 271 g/mol. The summed E-state index contributed by atoms with van der Waals surface area (Å²) in [4.78, 5) is 25.5. The van der Waals surface area contributed by atoms with Gasteiger partial charge in [-0.05, 0) is 25.7 Å². The molecule has 1 fully saturated rings. The molecule has 0 spiro atoms. The number of piperidine rings is 1. The number of nitrogens with zero attached hydrogens (tertiary/aromatic N) is 1. The Morgan fingerprint density at radius 3 is 2.56 bits per heavy atom. The van der Waals surface area contributed by atoms with E-state index >= 15 is 0 Å². The van der Waals surface area contributed by atoms with Crippen molar-refractivity contribution in [1.29, 1.82) is 0 Å². The molecule has 1 saturated heterocycles. The van der Waals surface area contributed by atoms with Gasteiger partial charge in [0.05, 0.1) is 10.9 Å². The van der Waals surface area contributed by atoms with Crippen molar-refractivity contribution in [3.05, 3.63) is 0 Å². The molecule has 0 bridgehead atoms. The molecule has 102 valence electrons. The molecule has 4 N–H and O–H groups in total. The van der Waals surface area contributed by atoms with Crippen LogP contribution < -0.4 is 11.5 Å². The lowest BCUT2D eigenvalue weighted by molar-refractivity contribution is -0.142. The maximum atomic E-state index is 12.4. The van der Waals surface area contributed by atoms with Crippen LogP contribution in [0.2, 0.25) is 0 Å². The minimum atomic E-state index is -0.500. The fourth-order valence-electron chi connectivity index (χ4n) is 2.37. The van der Waals surface area contributed by atoms with Crippen molar-refractivity contribution in [3.8, 4) is 0 Å². The maximum Gasteiger partial charge on any atom is 0.240 e. The van der Waals surface area contributed by atoms with Gasteiger partial charge in [-0.25, -0.2) is 0 Å². The largest absolute Gasteiger partial charge is 0.393 e. The molecule has 1 rings (SSSR count). The molecular weight excluding hydrogens is 250 g/mol. The number of hydrogen-bond acceptors (Lipinski definition) is 3. The number of primary amides is 1. The lowest BCUT2D eigenvalue weighted by atomic mass is 9.96. The van der Waals surface area contributed by atoms with Crippen LogP contribution in [0, 0.1) is 5.92 Å². The third-order valence-electron chi connectivity index (χ3n) is 3.33. The molecule has 0 saturated carbocycles. The van der Waals surface area contributed by atoms with E-state index in [1.54, 1.807) is 4.90 Å². The van der Waals surface area contributed by atoms with Crippen molar-refractivity contribution in [3.63, 3.8) is 0 Å². The second-order valence-electron chi connectivity index (χ2n) is 4.69. The van der Waals surface area contributed by atoms with Gasteiger partial charge in [-0.3, -0.25) is 9.59 Å². The summed E-state index contributed by atoms with van der Waals surface area (Å²) in [5.74, 6) is -1.06. The molecule has 0 aromatic heterocycles. The predicted octanol–water partition coefficient (Wildman–Crippen LogP) is 0.555. The van der Waals surface area contributed by atoms with Crippen molar-refractivity contribution in [2.75, 3.05) is 6.54 Å². The summed E-state index contributed by atoms with van der Waals surface area (Å²) in [6, 6.07) is -0.500. The van der Waals surface area contributed by atoms with E-state index in [2.05, 4.69) is 0 Å². The summed E-state index contributed by atoms with van der Waals surface area (Å²) in [6.45, 7) is 2.54. The highest BCUT2D eigenvalue weighted by Gasteiger charge is 2.34. The van der Waals surface area contributed by atoms with E-state index in [1.807, 2.05) is 6.92 Å². The van der Waals surface area contributed by atoms with Crippen LogP contribution in [0.1, 0.15) is 39.0 Å². The molecule has 6 heteroatoms. The Balaban J connectivity index is 2.84. The summed E-state index contributed by atoms with van der Waals surface area (Å²) in [6.07, 6.45) is 3.89. The van der Waals surface area contributed by atoms with Gasteiger partial charge < -0.3 is 16.4 Å². The average molecular weight is 271 g/mol. The summed E-state index contributed by atoms with van der Waals surface area (Å²) in [5, 5.41) is 0. The van der Waals surface area contributed by atoms with Gasteiger partial charge in [0.1, 0.15) is 6.04 Å². The first-order valence-electron chi connectivity index (χ1n) is 6.38. The first-order valence-corrected chi connectivity index (χ1v) is 6.79. The molecule has 1 aliphatic rings. The fraction of sp³-hybridized carbons (Fsp3) is 0.750. The Morgan fingerprint density at radius 1 is 1.39 bits per heavy atom. The van der Waals surface area contributed by atoms with Crippen LogP contribution in [0.25, 0.3) is 0 Å². The van der Waals surface area contributed by atoms with E-state index < -0.39 is 17.9 Å². The first-order chi connectivity index (χ1) is 8.49. The highest BCUT2D eigenvalue weighted by Crippen LogP contribution is 2.21. The number of rotatable bonds is 5. The molecule has 0 aromatic rings. The third-order valence-corrected chi connectivity index (χ3v) is 3.62. The minimum Gasteiger partial charge on any atom is -0.393 e. The molecule has 1 heterocycles. The summed E-state index contributed by atoms with van der Waals surface area (Å²) in [5.41, 5.74) is 11.0. The van der Waals surface area contributed by atoms with Crippen LogP contribution in [-0.4, -0.2) is 34.3 Å². The molecule has 5 nitrogen and oxygen atoms in total. The van der Waals surface area contributed by atoms with Gasteiger partial charge in [-0.2, -0.15) is 0 Å². The van der Waals surface area contributed by atoms with Gasteiger partial charge in [0.25, 0.3) is 0 Å². The third kappa shape index (κ3) is 3.41. The Bertz CT molecular complexity index is 346. The van der Waals surface area contributed by atoms with E-state index in [1.165, 1.54) is 0 Å². The molecule has 0 aromatic carbocycles. The zero-order chi connectivity index (χ0) is 13.7. The van der Waals surface area contributed by atoms with Crippen LogP contribution in [0.4, 0.5) is 0 Å². The SMILES string of the molecule is CCCC(C(=O)N1CCCCC1C(N)=O)C(N)=S. The average Bonchev–Trinajstić information content (AvgIpc) is 2.34. The van der Waals surface area contributed by atoms with Gasteiger partial charge >= 0.3 is 0 Å². The molecule has 1 aliphatic heterocycles. The van der Waals surface area contributed by atoms with Gasteiger partial charge in [0, 0.05) is 6.54 Å². The zero-order valence-corrected chi connectivity index (χ0v) is 11.5.